The highest BCUT2D eigenvalue weighted by atomic mass is 16.4. The molecule has 0 spiro atoms. The Kier molecular flexibility index (Phi) is 3.65. The number of benzene rings is 1. The number of fused-ring (bicyclic) bond motifs is 1. The number of aromatic nitrogens is 1. The number of hydrogen-bond acceptors (Lipinski definition) is 3. The molecule has 2 N–H and O–H groups in total. The van der Waals surface area contributed by atoms with E-state index >= 15 is 0 Å². The standard InChI is InChI=1S/C16H18N2O2/c19-16(20)15(18-12-6-2-3-7-12)14-10-17-9-11-5-1-4-8-13(11)14/h1,4-5,8-10,12,15,18H,2-3,6-7H2,(H,19,20). The highest BCUT2D eigenvalue weighted by Crippen LogP contribution is 2.26. The maximum atomic E-state index is 11.6. The van der Waals surface area contributed by atoms with Gasteiger partial charge in [0.15, 0.2) is 0 Å². The number of pyridine rings is 1. The second kappa shape index (κ2) is 5.59. The van der Waals surface area contributed by atoms with Crippen molar-refractivity contribution in [3.63, 3.8) is 0 Å². The molecule has 1 aromatic carbocycles. The molecule has 0 radical (unpaired) electrons. The molecule has 0 amide bonds. The fourth-order valence-electron chi connectivity index (χ4n) is 2.99. The van der Waals surface area contributed by atoms with Crippen LogP contribution in [0.3, 0.4) is 0 Å². The lowest BCUT2D eigenvalue weighted by Crippen LogP contribution is -2.35. The Bertz CT molecular complexity index is 615. The van der Waals surface area contributed by atoms with Crippen molar-refractivity contribution in [2.45, 2.75) is 37.8 Å². The molecule has 0 bridgehead atoms. The van der Waals surface area contributed by atoms with Crippen molar-refractivity contribution in [3.8, 4) is 0 Å². The predicted molar refractivity (Wildman–Crippen MR) is 77.5 cm³/mol. The Labute approximate surface area is 117 Å². The molecule has 1 unspecified atom stereocenters. The summed E-state index contributed by atoms with van der Waals surface area (Å²) in [5.74, 6) is -0.838. The molecule has 4 nitrogen and oxygen atoms in total. The fourth-order valence-corrected chi connectivity index (χ4v) is 2.99. The van der Waals surface area contributed by atoms with E-state index in [1.807, 2.05) is 24.3 Å². The average Bonchev–Trinajstić information content (AvgIpc) is 2.97. The van der Waals surface area contributed by atoms with Gasteiger partial charge in [0.25, 0.3) is 0 Å². The first kappa shape index (κ1) is 13.1. The molecule has 1 saturated carbocycles. The lowest BCUT2D eigenvalue weighted by Gasteiger charge is -2.20. The largest absolute Gasteiger partial charge is 0.480 e. The Morgan fingerprint density at radius 1 is 1.25 bits per heavy atom. The van der Waals surface area contributed by atoms with Gasteiger partial charge in [-0.25, -0.2) is 0 Å². The molecule has 3 rings (SSSR count). The smallest absolute Gasteiger partial charge is 0.325 e. The zero-order valence-electron chi connectivity index (χ0n) is 11.2. The minimum absolute atomic E-state index is 0.301. The fraction of sp³-hybridized carbons (Fsp3) is 0.375. The van der Waals surface area contributed by atoms with Gasteiger partial charge >= 0.3 is 5.97 Å². The topological polar surface area (TPSA) is 62.2 Å². The van der Waals surface area contributed by atoms with Crippen molar-refractivity contribution in [3.05, 3.63) is 42.2 Å². The monoisotopic (exact) mass is 270 g/mol. The molecule has 0 aliphatic heterocycles. The molecule has 4 heteroatoms. The van der Waals surface area contributed by atoms with Crippen molar-refractivity contribution in [2.75, 3.05) is 0 Å². The number of nitrogens with one attached hydrogen (secondary N) is 1. The normalized spacial score (nSPS) is 17.4. The quantitative estimate of drug-likeness (QED) is 0.896. The third-order valence-corrected chi connectivity index (χ3v) is 4.01. The molecule has 1 aromatic heterocycles. The van der Waals surface area contributed by atoms with Crippen LogP contribution in [0.2, 0.25) is 0 Å². The Balaban J connectivity index is 1.98. The summed E-state index contributed by atoms with van der Waals surface area (Å²) in [7, 11) is 0. The molecule has 1 fully saturated rings. The van der Waals surface area contributed by atoms with Crippen LogP contribution >= 0.6 is 0 Å². The van der Waals surface area contributed by atoms with E-state index in [0.29, 0.717) is 6.04 Å². The molecule has 0 saturated heterocycles. The van der Waals surface area contributed by atoms with Gasteiger partial charge in [-0.3, -0.25) is 15.1 Å². The molecule has 1 atom stereocenters. The summed E-state index contributed by atoms with van der Waals surface area (Å²) in [5.41, 5.74) is 0.752. The van der Waals surface area contributed by atoms with Gasteiger partial charge in [-0.2, -0.15) is 0 Å². The van der Waals surface area contributed by atoms with E-state index in [9.17, 15) is 9.90 Å². The highest BCUT2D eigenvalue weighted by molar-refractivity contribution is 5.89. The van der Waals surface area contributed by atoms with Crippen molar-refractivity contribution >= 4 is 16.7 Å². The third kappa shape index (κ3) is 2.51. The number of aliphatic carboxylic acids is 1. The molecule has 104 valence electrons. The maximum Gasteiger partial charge on any atom is 0.325 e. The van der Waals surface area contributed by atoms with Gasteiger partial charge in [-0.15, -0.1) is 0 Å². The van der Waals surface area contributed by atoms with E-state index in [1.54, 1.807) is 12.4 Å². The van der Waals surface area contributed by atoms with Crippen LogP contribution in [0.25, 0.3) is 10.8 Å². The Morgan fingerprint density at radius 3 is 2.75 bits per heavy atom. The Hall–Kier alpha value is -1.94. The van der Waals surface area contributed by atoms with Crippen molar-refractivity contribution < 1.29 is 9.90 Å². The van der Waals surface area contributed by atoms with Crippen LogP contribution in [0.15, 0.2) is 36.7 Å². The Morgan fingerprint density at radius 2 is 2.00 bits per heavy atom. The summed E-state index contributed by atoms with van der Waals surface area (Å²) in [4.78, 5) is 15.8. The summed E-state index contributed by atoms with van der Waals surface area (Å²) in [6, 6.07) is 7.40. The van der Waals surface area contributed by atoms with E-state index in [2.05, 4.69) is 10.3 Å². The first-order valence-electron chi connectivity index (χ1n) is 7.07. The first-order chi connectivity index (χ1) is 9.75. The van der Waals surface area contributed by atoms with Crippen LogP contribution in [0.1, 0.15) is 37.3 Å². The van der Waals surface area contributed by atoms with Gasteiger partial charge < -0.3 is 5.11 Å². The number of rotatable bonds is 4. The van der Waals surface area contributed by atoms with Gasteiger partial charge in [0.2, 0.25) is 0 Å². The number of carboxylic acids is 1. The van der Waals surface area contributed by atoms with Crippen LogP contribution in [0, 0.1) is 0 Å². The molecular formula is C16H18N2O2. The van der Waals surface area contributed by atoms with Crippen LogP contribution < -0.4 is 5.32 Å². The van der Waals surface area contributed by atoms with E-state index in [4.69, 9.17) is 0 Å². The van der Waals surface area contributed by atoms with Crippen molar-refractivity contribution in [1.29, 1.82) is 0 Å². The van der Waals surface area contributed by atoms with Gasteiger partial charge in [-0.1, -0.05) is 37.1 Å². The minimum Gasteiger partial charge on any atom is -0.480 e. The lowest BCUT2D eigenvalue weighted by molar-refractivity contribution is -0.139. The van der Waals surface area contributed by atoms with E-state index in [-0.39, 0.29) is 0 Å². The first-order valence-corrected chi connectivity index (χ1v) is 7.07. The van der Waals surface area contributed by atoms with Crippen LogP contribution in [0.5, 0.6) is 0 Å². The molecule has 1 heterocycles. The van der Waals surface area contributed by atoms with Crippen LogP contribution in [-0.4, -0.2) is 22.1 Å². The summed E-state index contributed by atoms with van der Waals surface area (Å²) in [6.45, 7) is 0. The second-order valence-corrected chi connectivity index (χ2v) is 5.37. The predicted octanol–water partition coefficient (Wildman–Crippen LogP) is 2.89. The van der Waals surface area contributed by atoms with Crippen LogP contribution in [0.4, 0.5) is 0 Å². The SMILES string of the molecule is O=C(O)C(NC1CCCC1)c1cncc2ccccc12. The van der Waals surface area contributed by atoms with Crippen molar-refractivity contribution in [1.82, 2.24) is 10.3 Å². The van der Waals surface area contributed by atoms with E-state index in [1.165, 1.54) is 12.8 Å². The maximum absolute atomic E-state index is 11.6. The number of carbonyl (C=O) groups is 1. The summed E-state index contributed by atoms with van der Waals surface area (Å²) in [6.07, 6.45) is 7.91. The zero-order valence-corrected chi connectivity index (χ0v) is 11.2. The van der Waals surface area contributed by atoms with Gasteiger partial charge in [-0.05, 0) is 18.2 Å². The van der Waals surface area contributed by atoms with Gasteiger partial charge in [0, 0.05) is 29.4 Å². The molecular weight excluding hydrogens is 252 g/mol. The summed E-state index contributed by atoms with van der Waals surface area (Å²) in [5, 5.41) is 14.8. The summed E-state index contributed by atoms with van der Waals surface area (Å²) >= 11 is 0. The molecule has 1 aliphatic carbocycles. The molecule has 2 aromatic rings. The third-order valence-electron chi connectivity index (χ3n) is 4.01. The zero-order chi connectivity index (χ0) is 13.9. The average molecular weight is 270 g/mol. The van der Waals surface area contributed by atoms with Gasteiger partial charge in [0.05, 0.1) is 0 Å². The van der Waals surface area contributed by atoms with E-state index in [0.717, 1.165) is 29.2 Å². The van der Waals surface area contributed by atoms with E-state index < -0.39 is 12.0 Å². The van der Waals surface area contributed by atoms with Crippen molar-refractivity contribution in [2.24, 2.45) is 0 Å². The van der Waals surface area contributed by atoms with Crippen LogP contribution in [-0.2, 0) is 4.79 Å². The highest BCUT2D eigenvalue weighted by Gasteiger charge is 2.26. The number of hydrogen-bond donors (Lipinski definition) is 2. The molecule has 1 aliphatic rings. The lowest BCUT2D eigenvalue weighted by atomic mass is 10.0. The minimum atomic E-state index is -0.838. The summed E-state index contributed by atoms with van der Waals surface area (Å²) < 4.78 is 0. The second-order valence-electron chi connectivity index (χ2n) is 5.37. The number of nitrogens with zero attached hydrogens (tertiary/aromatic N) is 1. The number of carboxylic acid groups (broad SMARTS) is 1. The molecule has 20 heavy (non-hydrogen) atoms. The van der Waals surface area contributed by atoms with Gasteiger partial charge in [0.1, 0.15) is 6.04 Å².